The normalized spacial score (nSPS) is 17.5. The van der Waals surface area contributed by atoms with Crippen LogP contribution in [0.15, 0.2) is 30.3 Å². The highest BCUT2D eigenvalue weighted by Crippen LogP contribution is 2.20. The summed E-state index contributed by atoms with van der Waals surface area (Å²) < 4.78 is 6.91. The predicted molar refractivity (Wildman–Crippen MR) is 85.9 cm³/mol. The van der Waals surface area contributed by atoms with Gasteiger partial charge in [0.1, 0.15) is 5.75 Å². The molecule has 6 nitrogen and oxygen atoms in total. The molecule has 1 aromatic heterocycles. The van der Waals surface area contributed by atoms with E-state index in [4.69, 9.17) is 4.74 Å². The molecular weight excluding hydrogens is 294 g/mol. The van der Waals surface area contributed by atoms with E-state index in [1.54, 1.807) is 22.8 Å². The molecule has 0 radical (unpaired) electrons. The predicted octanol–water partition coefficient (Wildman–Crippen LogP) is 1.64. The fourth-order valence-corrected chi connectivity index (χ4v) is 2.89. The number of aliphatic hydroxyl groups excluding tert-OH is 1. The molecule has 1 amide bonds. The Kier molecular flexibility index (Phi) is 4.34. The van der Waals surface area contributed by atoms with E-state index in [0.717, 1.165) is 23.6 Å². The fraction of sp³-hybridized carbons (Fsp3) is 0.412. The molecule has 1 aliphatic heterocycles. The Morgan fingerprint density at radius 3 is 2.74 bits per heavy atom. The first kappa shape index (κ1) is 15.6. The molecule has 1 atom stereocenters. The van der Waals surface area contributed by atoms with Crippen LogP contribution in [0.5, 0.6) is 5.75 Å². The van der Waals surface area contributed by atoms with Crippen molar-refractivity contribution in [2.75, 3.05) is 26.8 Å². The highest BCUT2D eigenvalue weighted by Gasteiger charge is 2.28. The minimum Gasteiger partial charge on any atom is -0.497 e. The summed E-state index contributed by atoms with van der Waals surface area (Å²) in [6, 6.07) is 9.35. The molecule has 1 fully saturated rings. The van der Waals surface area contributed by atoms with Crippen LogP contribution in [-0.4, -0.2) is 52.5 Å². The van der Waals surface area contributed by atoms with E-state index < -0.39 is 0 Å². The number of amides is 1. The summed E-state index contributed by atoms with van der Waals surface area (Å²) >= 11 is 0. The smallest absolute Gasteiger partial charge is 0.274 e. The van der Waals surface area contributed by atoms with Crippen LogP contribution in [0.25, 0.3) is 5.69 Å². The zero-order valence-electron chi connectivity index (χ0n) is 13.4. The van der Waals surface area contributed by atoms with Gasteiger partial charge in [0.25, 0.3) is 5.91 Å². The molecule has 0 aliphatic carbocycles. The van der Waals surface area contributed by atoms with E-state index in [1.165, 1.54) is 0 Å². The molecule has 1 unspecified atom stereocenters. The van der Waals surface area contributed by atoms with Gasteiger partial charge in [-0.1, -0.05) is 0 Å². The van der Waals surface area contributed by atoms with Crippen LogP contribution >= 0.6 is 0 Å². The maximum absolute atomic E-state index is 12.6. The van der Waals surface area contributed by atoms with Gasteiger partial charge in [-0.2, -0.15) is 5.10 Å². The number of ether oxygens (including phenoxy) is 1. The lowest BCUT2D eigenvalue weighted by atomic mass is 10.1. The number of carbonyl (C=O) groups is 1. The summed E-state index contributed by atoms with van der Waals surface area (Å²) in [5.74, 6) is 0.891. The molecule has 0 spiro atoms. The zero-order valence-corrected chi connectivity index (χ0v) is 13.4. The summed E-state index contributed by atoms with van der Waals surface area (Å²) in [6.45, 7) is 3.33. The molecule has 3 rings (SSSR count). The average Bonchev–Trinajstić information content (AvgIpc) is 3.21. The van der Waals surface area contributed by atoms with Gasteiger partial charge in [0.15, 0.2) is 5.69 Å². The van der Waals surface area contributed by atoms with Crippen LogP contribution in [0.4, 0.5) is 0 Å². The lowest BCUT2D eigenvalue weighted by Crippen LogP contribution is -2.29. The number of carbonyl (C=O) groups excluding carboxylic acids is 1. The topological polar surface area (TPSA) is 67.6 Å². The van der Waals surface area contributed by atoms with Crippen molar-refractivity contribution in [2.24, 2.45) is 5.92 Å². The van der Waals surface area contributed by atoms with Crippen molar-refractivity contribution in [3.8, 4) is 11.4 Å². The van der Waals surface area contributed by atoms with Gasteiger partial charge in [-0.3, -0.25) is 4.79 Å². The van der Waals surface area contributed by atoms with E-state index in [9.17, 15) is 9.90 Å². The summed E-state index contributed by atoms with van der Waals surface area (Å²) in [4.78, 5) is 14.3. The Morgan fingerprint density at radius 1 is 1.39 bits per heavy atom. The van der Waals surface area contributed by atoms with Crippen LogP contribution < -0.4 is 4.74 Å². The van der Waals surface area contributed by atoms with Crippen LogP contribution in [0.1, 0.15) is 22.6 Å². The highest BCUT2D eigenvalue weighted by atomic mass is 16.5. The Morgan fingerprint density at radius 2 is 2.13 bits per heavy atom. The van der Waals surface area contributed by atoms with Crippen molar-refractivity contribution < 1.29 is 14.6 Å². The van der Waals surface area contributed by atoms with Crippen molar-refractivity contribution in [1.29, 1.82) is 0 Å². The maximum Gasteiger partial charge on any atom is 0.274 e. The lowest BCUT2D eigenvalue weighted by molar-refractivity contribution is 0.0775. The van der Waals surface area contributed by atoms with Gasteiger partial charge in [-0.05, 0) is 43.7 Å². The molecule has 23 heavy (non-hydrogen) atoms. The second-order valence-electron chi connectivity index (χ2n) is 5.87. The third-order valence-electron chi connectivity index (χ3n) is 4.25. The minimum atomic E-state index is -0.0729. The van der Waals surface area contributed by atoms with Gasteiger partial charge in [0.05, 0.1) is 12.8 Å². The number of hydrogen-bond donors (Lipinski definition) is 1. The highest BCUT2D eigenvalue weighted by molar-refractivity contribution is 5.92. The van der Waals surface area contributed by atoms with Gasteiger partial charge >= 0.3 is 0 Å². The Bertz CT molecular complexity index is 694. The van der Waals surface area contributed by atoms with Crippen molar-refractivity contribution in [1.82, 2.24) is 14.7 Å². The summed E-state index contributed by atoms with van der Waals surface area (Å²) in [5.41, 5.74) is 2.23. The Labute approximate surface area is 135 Å². The number of aliphatic hydroxyl groups is 1. The number of aryl methyl sites for hydroxylation is 1. The Hall–Kier alpha value is -2.34. The van der Waals surface area contributed by atoms with E-state index >= 15 is 0 Å². The lowest BCUT2D eigenvalue weighted by Gasteiger charge is -2.14. The number of hydrogen-bond acceptors (Lipinski definition) is 4. The third kappa shape index (κ3) is 3.07. The molecule has 6 heteroatoms. The summed E-state index contributed by atoms with van der Waals surface area (Å²) in [5, 5.41) is 13.7. The van der Waals surface area contributed by atoms with E-state index in [1.807, 2.05) is 31.2 Å². The van der Waals surface area contributed by atoms with Gasteiger partial charge in [0.2, 0.25) is 0 Å². The van der Waals surface area contributed by atoms with Crippen LogP contribution in [-0.2, 0) is 0 Å². The first-order valence-electron chi connectivity index (χ1n) is 7.73. The number of aromatic nitrogens is 2. The van der Waals surface area contributed by atoms with Crippen molar-refractivity contribution >= 4 is 5.91 Å². The van der Waals surface area contributed by atoms with E-state index in [2.05, 4.69) is 5.10 Å². The maximum atomic E-state index is 12.6. The van der Waals surface area contributed by atoms with E-state index in [0.29, 0.717) is 18.8 Å². The zero-order chi connectivity index (χ0) is 16.4. The largest absolute Gasteiger partial charge is 0.497 e. The first-order valence-corrected chi connectivity index (χ1v) is 7.73. The number of likely N-dealkylation sites (tertiary alicyclic amines) is 1. The van der Waals surface area contributed by atoms with Gasteiger partial charge < -0.3 is 14.7 Å². The molecule has 1 saturated heterocycles. The van der Waals surface area contributed by atoms with Gasteiger partial charge in [-0.25, -0.2) is 4.68 Å². The summed E-state index contributed by atoms with van der Waals surface area (Å²) in [6.07, 6.45) is 0.848. The van der Waals surface area contributed by atoms with Crippen molar-refractivity contribution in [3.63, 3.8) is 0 Å². The quantitative estimate of drug-likeness (QED) is 0.931. The molecule has 0 bridgehead atoms. The second-order valence-corrected chi connectivity index (χ2v) is 5.87. The number of methoxy groups -OCH3 is 1. The molecule has 1 aromatic carbocycles. The fourth-order valence-electron chi connectivity index (χ4n) is 2.89. The van der Waals surface area contributed by atoms with Crippen molar-refractivity contribution in [2.45, 2.75) is 13.3 Å². The number of rotatable bonds is 4. The van der Waals surface area contributed by atoms with E-state index in [-0.39, 0.29) is 18.4 Å². The molecule has 2 aromatic rings. The van der Waals surface area contributed by atoms with Crippen LogP contribution in [0.2, 0.25) is 0 Å². The van der Waals surface area contributed by atoms with Gasteiger partial charge in [0, 0.05) is 31.3 Å². The number of benzene rings is 1. The summed E-state index contributed by atoms with van der Waals surface area (Å²) in [7, 11) is 1.63. The van der Waals surface area contributed by atoms with Crippen LogP contribution in [0.3, 0.4) is 0 Å². The Balaban J connectivity index is 1.81. The first-order chi connectivity index (χ1) is 11.1. The molecule has 2 heterocycles. The molecule has 1 N–H and O–H groups in total. The minimum absolute atomic E-state index is 0.0729. The molecular formula is C17H21N3O3. The standard InChI is InChI=1S/C17H21N3O3/c1-12-9-16(17(22)19-8-7-13(10-19)11-21)18-20(12)14-3-5-15(23-2)6-4-14/h3-6,9,13,21H,7-8,10-11H2,1-2H3. The second kappa shape index (κ2) is 6.42. The third-order valence-corrected chi connectivity index (χ3v) is 4.25. The van der Waals surface area contributed by atoms with Crippen LogP contribution in [0, 0.1) is 12.8 Å². The van der Waals surface area contributed by atoms with Crippen molar-refractivity contribution in [3.05, 3.63) is 41.7 Å². The number of nitrogens with zero attached hydrogens (tertiary/aromatic N) is 3. The molecule has 1 aliphatic rings. The van der Waals surface area contributed by atoms with Gasteiger partial charge in [-0.15, -0.1) is 0 Å². The monoisotopic (exact) mass is 315 g/mol. The average molecular weight is 315 g/mol. The molecule has 122 valence electrons. The molecule has 0 saturated carbocycles. The SMILES string of the molecule is COc1ccc(-n2nc(C(=O)N3CCC(CO)C3)cc2C)cc1.